The summed E-state index contributed by atoms with van der Waals surface area (Å²) in [5, 5.41) is 32.0. The number of nitrogens with two attached hydrogens (primary N) is 2. The zero-order chi connectivity index (χ0) is 50.5. The number of ether oxygens (including phenoxy) is 2. The Bertz CT molecular complexity index is 2100. The first-order valence-corrected chi connectivity index (χ1v) is 23.5. The number of carbonyl (C=O) groups excluding carboxylic acids is 7. The van der Waals surface area contributed by atoms with Gasteiger partial charge in [0.1, 0.15) is 60.9 Å². The van der Waals surface area contributed by atoms with E-state index in [0.29, 0.717) is 17.7 Å². The second-order valence-corrected chi connectivity index (χ2v) is 18.1. The molecule has 0 spiro atoms. The van der Waals surface area contributed by atoms with Crippen molar-refractivity contribution >= 4 is 69.4 Å². The van der Waals surface area contributed by atoms with Crippen molar-refractivity contribution < 1.29 is 70.4 Å². The Hall–Kier alpha value is -5.34. The molecule has 3 rings (SSSR count). The van der Waals surface area contributed by atoms with E-state index in [9.17, 15) is 52.2 Å². The highest BCUT2D eigenvalue weighted by atomic mass is 35.5. The molecule has 26 heteroatoms. The summed E-state index contributed by atoms with van der Waals surface area (Å²) in [6, 6.07) is -4.43. The third-order valence-electron chi connectivity index (χ3n) is 11.8. The van der Waals surface area contributed by atoms with Crippen LogP contribution in [0.5, 0.6) is 5.75 Å². The molecule has 11 atom stereocenters. The van der Waals surface area contributed by atoms with Crippen molar-refractivity contribution in [1.29, 1.82) is 0 Å². The SMILES string of the molecule is CC[C@H](C)[C@@H]1NC(=O)[C@H](Cc2ccc(OC)c(Cl)c2)N(C)C(=O)[C@H]([C@@H](C)CC)N2C(=O)[C@H](CC[C@H]2O)NC(=O)[C@H](CCCN=C(N)N)NC(=O)[C@@H](NC(=O)[C@H](O)COS(=O)(=O)O)[C@@H](C)OC1=O. The monoisotopic (exact) mass is 989 g/mol. The van der Waals surface area contributed by atoms with Crippen LogP contribution in [0.4, 0.5) is 0 Å². The van der Waals surface area contributed by atoms with Crippen molar-refractivity contribution in [3.63, 3.8) is 0 Å². The van der Waals surface area contributed by atoms with Crippen molar-refractivity contribution in [2.24, 2.45) is 28.3 Å². The van der Waals surface area contributed by atoms with Crippen LogP contribution >= 0.6 is 11.6 Å². The number of nitrogens with one attached hydrogen (secondary N) is 4. The van der Waals surface area contributed by atoms with E-state index in [2.05, 4.69) is 30.4 Å². The quantitative estimate of drug-likeness (QED) is 0.0291. The number of cyclic esters (lactones) is 1. The minimum Gasteiger partial charge on any atom is -0.495 e. The molecule has 2 saturated heterocycles. The lowest BCUT2D eigenvalue weighted by molar-refractivity contribution is -0.168. The number of carbonyl (C=O) groups is 7. The van der Waals surface area contributed by atoms with Crippen LogP contribution in [-0.4, -0.2) is 162 Å². The van der Waals surface area contributed by atoms with E-state index in [1.807, 2.05) is 0 Å². The van der Waals surface area contributed by atoms with E-state index in [4.69, 9.17) is 37.1 Å². The van der Waals surface area contributed by atoms with Gasteiger partial charge in [-0.25, -0.2) is 8.98 Å². The smallest absolute Gasteiger partial charge is 0.397 e. The van der Waals surface area contributed by atoms with E-state index < -0.39 is 125 Å². The van der Waals surface area contributed by atoms with Crippen LogP contribution in [0.3, 0.4) is 0 Å². The van der Waals surface area contributed by atoms with Crippen molar-refractivity contribution in [3.8, 4) is 5.75 Å². The number of hydrogen-bond donors (Lipinski definition) is 9. The molecule has 24 nitrogen and oxygen atoms in total. The minimum atomic E-state index is -5.13. The average Bonchev–Trinajstić information content (AvgIpc) is 3.26. The van der Waals surface area contributed by atoms with Crippen LogP contribution in [-0.2, 0) is 59.3 Å². The van der Waals surface area contributed by atoms with Crippen LogP contribution in [0.1, 0.15) is 78.7 Å². The zero-order valence-electron chi connectivity index (χ0n) is 38.5. The maximum atomic E-state index is 14.9. The number of aliphatic hydroxyl groups excluding tert-OH is 2. The predicted molar refractivity (Wildman–Crippen MR) is 240 cm³/mol. The number of halogens is 1. The molecule has 376 valence electrons. The number of rotatable bonds is 16. The molecule has 2 heterocycles. The van der Waals surface area contributed by atoms with Gasteiger partial charge in [-0.2, -0.15) is 8.42 Å². The number of aliphatic imine (C=N–C) groups is 1. The molecular formula is C41H64ClN9O15S. The minimum absolute atomic E-state index is 0.0279. The van der Waals surface area contributed by atoms with Gasteiger partial charge in [-0.05, 0) is 62.1 Å². The summed E-state index contributed by atoms with van der Waals surface area (Å²) >= 11 is 6.46. The molecule has 0 aliphatic carbocycles. The standard InChI is InChI=1S/C41H64ClN9O15S/c1-8-20(3)31-40(60)66-22(5)32(49-36(56)28(52)19-65-67(61,62)63)37(57)46-25(11-10-16-45-41(43)44)34(54)47-26-13-15-30(53)51(38(26)58)33(21(4)9-2)39(59)50(6)27(35(55)48-31)18-23-12-14-29(64-7)24(42)17-23/h12,14,17,20-22,25-28,30-33,52-53H,8-11,13,15-16,18-19H2,1-7H3,(H,46,57)(H,47,54)(H,48,55)(H,49,56)(H4,43,44,45)(H,61,62,63)/t20-,21-,22+,25-,26-,27-,28+,30+,31-,32-,33-/m0/s1. The van der Waals surface area contributed by atoms with Gasteiger partial charge in [0.15, 0.2) is 12.1 Å². The average molecular weight is 991 g/mol. The Balaban J connectivity index is 2.27. The summed E-state index contributed by atoms with van der Waals surface area (Å²) in [5.41, 5.74) is 11.4. The second-order valence-electron chi connectivity index (χ2n) is 16.6. The number of piperidine rings is 1. The van der Waals surface area contributed by atoms with Crippen LogP contribution < -0.4 is 37.5 Å². The van der Waals surface area contributed by atoms with E-state index in [1.165, 1.54) is 27.1 Å². The van der Waals surface area contributed by atoms with E-state index in [0.717, 1.165) is 9.80 Å². The molecule has 67 heavy (non-hydrogen) atoms. The summed E-state index contributed by atoms with van der Waals surface area (Å²) in [6.45, 7) is 6.61. The topological polar surface area (TPSA) is 361 Å². The molecule has 1 aromatic rings. The van der Waals surface area contributed by atoms with Crippen molar-refractivity contribution in [1.82, 2.24) is 31.1 Å². The molecule has 0 radical (unpaired) electrons. The third-order valence-corrected chi connectivity index (χ3v) is 12.5. The van der Waals surface area contributed by atoms with Gasteiger partial charge < -0.3 is 62.2 Å². The summed E-state index contributed by atoms with van der Waals surface area (Å²) in [5.74, 6) is -8.39. The fourth-order valence-corrected chi connectivity index (χ4v) is 8.05. The number of methoxy groups -OCH3 is 1. The molecule has 2 aliphatic heterocycles. The Labute approximate surface area is 394 Å². The predicted octanol–water partition coefficient (Wildman–Crippen LogP) is -1.76. The molecule has 0 unspecified atom stereocenters. The number of esters is 1. The lowest BCUT2D eigenvalue weighted by Gasteiger charge is -2.44. The highest BCUT2D eigenvalue weighted by Crippen LogP contribution is 2.29. The van der Waals surface area contributed by atoms with Gasteiger partial charge in [-0.1, -0.05) is 58.2 Å². The first-order chi connectivity index (χ1) is 31.3. The lowest BCUT2D eigenvalue weighted by atomic mass is 9.91. The fraction of sp³-hybridized carbons (Fsp3) is 0.659. The molecular weight excluding hydrogens is 926 g/mol. The highest BCUT2D eigenvalue weighted by Gasteiger charge is 2.47. The third kappa shape index (κ3) is 15.6. The number of aliphatic hydroxyl groups is 2. The van der Waals surface area contributed by atoms with Gasteiger partial charge in [0.05, 0.1) is 12.1 Å². The molecule has 0 aromatic heterocycles. The van der Waals surface area contributed by atoms with Gasteiger partial charge in [-0.3, -0.25) is 38.3 Å². The molecule has 11 N–H and O–H groups in total. The Morgan fingerprint density at radius 2 is 1.67 bits per heavy atom. The maximum Gasteiger partial charge on any atom is 0.397 e. The van der Waals surface area contributed by atoms with Crippen LogP contribution in [0.15, 0.2) is 23.2 Å². The first-order valence-electron chi connectivity index (χ1n) is 21.7. The van der Waals surface area contributed by atoms with Crippen molar-refractivity contribution in [2.45, 2.75) is 134 Å². The Morgan fingerprint density at radius 3 is 2.25 bits per heavy atom. The number of guanidine groups is 1. The summed E-state index contributed by atoms with van der Waals surface area (Å²) in [4.78, 5) is 106. The normalized spacial score (nSPS) is 26.3. The number of nitrogens with zero attached hydrogens (tertiary/aromatic N) is 3. The van der Waals surface area contributed by atoms with Crippen LogP contribution in [0.25, 0.3) is 0 Å². The molecule has 1 aromatic carbocycles. The molecule has 0 saturated carbocycles. The van der Waals surface area contributed by atoms with Gasteiger partial charge in [0.2, 0.25) is 29.5 Å². The maximum absolute atomic E-state index is 14.9. The molecule has 6 amide bonds. The lowest BCUT2D eigenvalue weighted by Crippen LogP contribution is -2.66. The van der Waals surface area contributed by atoms with Gasteiger partial charge in [0, 0.05) is 20.0 Å². The fourth-order valence-electron chi connectivity index (χ4n) is 7.47. The summed E-state index contributed by atoms with van der Waals surface area (Å²) in [6.07, 6.45) is -5.47. The van der Waals surface area contributed by atoms with E-state index >= 15 is 0 Å². The second kappa shape index (κ2) is 25.1. The van der Waals surface area contributed by atoms with Crippen LogP contribution in [0, 0.1) is 11.8 Å². The summed E-state index contributed by atoms with van der Waals surface area (Å²) in [7, 11) is -2.39. The van der Waals surface area contributed by atoms with E-state index in [-0.39, 0.29) is 56.1 Å². The molecule has 2 bridgehead atoms. The number of hydrogen-bond acceptors (Lipinski definition) is 15. The Kier molecular flexibility index (Phi) is 21.0. The van der Waals surface area contributed by atoms with Crippen LogP contribution in [0.2, 0.25) is 5.02 Å². The molecule has 2 aliphatic rings. The van der Waals surface area contributed by atoms with Gasteiger partial charge in [0.25, 0.3) is 5.91 Å². The van der Waals surface area contributed by atoms with Gasteiger partial charge >= 0.3 is 16.4 Å². The number of amides is 6. The highest BCUT2D eigenvalue weighted by molar-refractivity contribution is 7.80. The largest absolute Gasteiger partial charge is 0.495 e. The Morgan fingerprint density at radius 1 is 1.01 bits per heavy atom. The van der Waals surface area contributed by atoms with Gasteiger partial charge in [-0.15, -0.1) is 0 Å². The summed E-state index contributed by atoms with van der Waals surface area (Å²) < 4.78 is 46.4. The van der Waals surface area contributed by atoms with E-state index in [1.54, 1.807) is 39.8 Å². The van der Waals surface area contributed by atoms with Crippen molar-refractivity contribution in [3.05, 3.63) is 28.8 Å². The number of fused-ring (bicyclic) bond motifs is 2. The first kappa shape index (κ1) is 56.0. The zero-order valence-corrected chi connectivity index (χ0v) is 40.0. The number of likely N-dealkylation sites (N-methyl/N-ethyl adjacent to an activating group) is 1. The number of benzene rings is 1. The molecule has 2 fully saturated rings. The van der Waals surface area contributed by atoms with Crippen molar-refractivity contribution in [2.75, 3.05) is 27.3 Å².